The van der Waals surface area contributed by atoms with Gasteiger partial charge >= 0.3 is 8.80 Å². The van der Waals surface area contributed by atoms with Crippen LogP contribution in [-0.4, -0.2) is 56.8 Å². The van der Waals surface area contributed by atoms with Gasteiger partial charge in [-0.1, -0.05) is 6.42 Å². The van der Waals surface area contributed by atoms with Gasteiger partial charge in [-0.2, -0.15) is 0 Å². The van der Waals surface area contributed by atoms with Gasteiger partial charge in [0.25, 0.3) is 0 Å². The van der Waals surface area contributed by atoms with E-state index in [0.29, 0.717) is 25.3 Å². The lowest BCUT2D eigenvalue weighted by atomic mass is 9.76. The van der Waals surface area contributed by atoms with Gasteiger partial charge in [0.05, 0.1) is 0 Å². The van der Waals surface area contributed by atoms with E-state index in [0.717, 1.165) is 12.8 Å². The van der Waals surface area contributed by atoms with E-state index < -0.39 is 20.2 Å². The summed E-state index contributed by atoms with van der Waals surface area (Å²) in [6.07, 6.45) is 3.00. The van der Waals surface area contributed by atoms with Crippen molar-refractivity contribution in [2.45, 2.75) is 56.0 Å². The predicted molar refractivity (Wildman–Crippen MR) is 71.4 cm³/mol. The summed E-state index contributed by atoms with van der Waals surface area (Å²) in [4.78, 5) is 0. The molecule has 1 aliphatic carbocycles. The molecule has 3 N–H and O–H groups in total. The highest BCUT2D eigenvalue weighted by atomic mass is 28.4. The van der Waals surface area contributed by atoms with Gasteiger partial charge in [-0.05, 0) is 25.7 Å². The van der Waals surface area contributed by atoms with Crippen molar-refractivity contribution in [2.24, 2.45) is 0 Å². The molecule has 114 valence electrons. The molecule has 19 heavy (non-hydrogen) atoms. The fraction of sp³-hybridized carbons (Fsp3) is 1.00. The molecule has 1 rings (SSSR count). The minimum atomic E-state index is -2.66. The molecule has 0 aliphatic heterocycles. The summed E-state index contributed by atoms with van der Waals surface area (Å²) in [7, 11) is 1.96. The number of hydrogen-bond acceptors (Lipinski definition) is 6. The number of aliphatic hydroxyl groups is 3. The van der Waals surface area contributed by atoms with Gasteiger partial charge in [0.1, 0.15) is 5.60 Å². The van der Waals surface area contributed by atoms with Crippen LogP contribution in [0.15, 0.2) is 0 Å². The monoisotopic (exact) mass is 294 g/mol. The summed E-state index contributed by atoms with van der Waals surface area (Å²) in [5, 5.41) is 30.2. The fourth-order valence-electron chi connectivity index (χ4n) is 2.70. The average molecular weight is 294 g/mol. The topological polar surface area (TPSA) is 88.4 Å². The van der Waals surface area contributed by atoms with E-state index in [1.807, 2.05) is 0 Å². The molecule has 1 saturated carbocycles. The molecule has 1 atom stereocenters. The van der Waals surface area contributed by atoms with Crippen LogP contribution >= 0.6 is 0 Å². The van der Waals surface area contributed by atoms with Crippen LogP contribution in [0.3, 0.4) is 0 Å². The zero-order chi connectivity index (χ0) is 14.6. The lowest BCUT2D eigenvalue weighted by Crippen LogP contribution is -2.56. The van der Waals surface area contributed by atoms with Crippen LogP contribution in [0.25, 0.3) is 0 Å². The van der Waals surface area contributed by atoms with E-state index in [-0.39, 0.29) is 6.42 Å². The third-order valence-corrected chi connectivity index (χ3v) is 6.95. The first-order valence-electron chi connectivity index (χ1n) is 6.67. The van der Waals surface area contributed by atoms with Crippen molar-refractivity contribution in [1.29, 1.82) is 0 Å². The van der Waals surface area contributed by atoms with Gasteiger partial charge in [0.2, 0.25) is 0 Å². The third kappa shape index (κ3) is 3.75. The van der Waals surface area contributed by atoms with Crippen LogP contribution in [0.5, 0.6) is 0 Å². The van der Waals surface area contributed by atoms with Crippen LogP contribution in [0.2, 0.25) is 6.04 Å². The van der Waals surface area contributed by atoms with Crippen molar-refractivity contribution in [3.8, 4) is 0 Å². The average Bonchev–Trinajstić information content (AvgIpc) is 2.39. The highest BCUT2D eigenvalue weighted by molar-refractivity contribution is 6.60. The Morgan fingerprint density at radius 2 is 1.47 bits per heavy atom. The Bertz CT molecular complexity index is 273. The zero-order valence-electron chi connectivity index (χ0n) is 12.0. The Balaban J connectivity index is 2.55. The van der Waals surface area contributed by atoms with Crippen LogP contribution in [0.4, 0.5) is 0 Å². The smallest absolute Gasteiger partial charge is 0.384 e. The van der Waals surface area contributed by atoms with Crippen molar-refractivity contribution in [1.82, 2.24) is 0 Å². The molecular formula is C12H26O6Si. The molecule has 0 amide bonds. The van der Waals surface area contributed by atoms with E-state index in [1.165, 1.54) is 21.3 Å². The van der Waals surface area contributed by atoms with Crippen molar-refractivity contribution in [3.05, 3.63) is 0 Å². The molecule has 0 radical (unpaired) electrons. The molecule has 1 unspecified atom stereocenters. The molecule has 0 spiro atoms. The summed E-state index contributed by atoms with van der Waals surface area (Å²) in [5.74, 6) is -2.00. The van der Waals surface area contributed by atoms with Crippen LogP contribution in [0, 0.1) is 0 Å². The van der Waals surface area contributed by atoms with Gasteiger partial charge in [0, 0.05) is 33.8 Å². The first-order valence-corrected chi connectivity index (χ1v) is 8.60. The van der Waals surface area contributed by atoms with Gasteiger partial charge in [0.15, 0.2) is 5.79 Å². The Kier molecular flexibility index (Phi) is 5.93. The first-order chi connectivity index (χ1) is 8.85. The van der Waals surface area contributed by atoms with Crippen LogP contribution in [0.1, 0.15) is 38.5 Å². The highest BCUT2D eigenvalue weighted by Gasteiger charge is 2.50. The second-order valence-electron chi connectivity index (χ2n) is 5.20. The normalized spacial score (nSPS) is 27.5. The van der Waals surface area contributed by atoms with Gasteiger partial charge in [-0.15, -0.1) is 0 Å². The van der Waals surface area contributed by atoms with E-state index in [4.69, 9.17) is 13.3 Å². The van der Waals surface area contributed by atoms with Crippen LogP contribution in [-0.2, 0) is 13.3 Å². The maximum Gasteiger partial charge on any atom is 0.500 e. The minimum absolute atomic E-state index is 0.213. The largest absolute Gasteiger partial charge is 0.500 e. The zero-order valence-corrected chi connectivity index (χ0v) is 13.0. The second kappa shape index (κ2) is 6.62. The third-order valence-electron chi connectivity index (χ3n) is 4.12. The summed E-state index contributed by atoms with van der Waals surface area (Å²) >= 11 is 0. The quantitative estimate of drug-likeness (QED) is 0.471. The number of hydrogen-bond donors (Lipinski definition) is 3. The standard InChI is InChI=1S/C12H26O6Si/c1-16-19(17-2,18-3)10-6-8-11(13)7-4-5-9-12(11,14)15/h13-15H,4-10H2,1-3H3. The molecule has 1 fully saturated rings. The molecule has 6 nitrogen and oxygen atoms in total. The van der Waals surface area contributed by atoms with Crippen molar-refractivity contribution in [3.63, 3.8) is 0 Å². The van der Waals surface area contributed by atoms with E-state index >= 15 is 0 Å². The Hall–Kier alpha value is -0.0231. The maximum absolute atomic E-state index is 10.4. The molecule has 1 aliphatic rings. The van der Waals surface area contributed by atoms with E-state index in [9.17, 15) is 15.3 Å². The SMILES string of the molecule is CO[Si](CCCC1(O)CCCCC1(O)O)(OC)OC. The van der Waals surface area contributed by atoms with Gasteiger partial charge < -0.3 is 28.6 Å². The Labute approximate surface area is 115 Å². The summed E-state index contributed by atoms with van der Waals surface area (Å²) in [6.45, 7) is 0. The van der Waals surface area contributed by atoms with E-state index in [2.05, 4.69) is 0 Å². The molecule has 0 aromatic rings. The van der Waals surface area contributed by atoms with Gasteiger partial charge in [-0.3, -0.25) is 0 Å². The summed E-state index contributed by atoms with van der Waals surface area (Å²) < 4.78 is 15.9. The van der Waals surface area contributed by atoms with Crippen molar-refractivity contribution >= 4 is 8.80 Å². The molecule has 0 aromatic carbocycles. The molecular weight excluding hydrogens is 268 g/mol. The maximum atomic E-state index is 10.4. The molecule has 0 aromatic heterocycles. The fourth-order valence-corrected chi connectivity index (χ4v) is 4.42. The molecule has 7 heteroatoms. The summed E-state index contributed by atoms with van der Waals surface area (Å²) in [5.41, 5.74) is -1.44. The summed E-state index contributed by atoms with van der Waals surface area (Å²) in [6, 6.07) is 0.537. The molecule has 0 bridgehead atoms. The molecule has 0 saturated heterocycles. The van der Waals surface area contributed by atoms with Crippen LogP contribution < -0.4 is 0 Å². The lowest BCUT2D eigenvalue weighted by molar-refractivity contribution is -0.293. The number of rotatable bonds is 7. The molecule has 0 heterocycles. The highest BCUT2D eigenvalue weighted by Crippen LogP contribution is 2.39. The Morgan fingerprint density at radius 1 is 0.947 bits per heavy atom. The first kappa shape index (κ1) is 17.0. The minimum Gasteiger partial charge on any atom is -0.384 e. The van der Waals surface area contributed by atoms with Gasteiger partial charge in [-0.25, -0.2) is 0 Å². The van der Waals surface area contributed by atoms with Crippen molar-refractivity contribution < 1.29 is 28.6 Å². The lowest BCUT2D eigenvalue weighted by Gasteiger charge is -2.43. The predicted octanol–water partition coefficient (Wildman–Crippen LogP) is 0.631. The second-order valence-corrected chi connectivity index (χ2v) is 8.30. The Morgan fingerprint density at radius 3 is 1.95 bits per heavy atom. The van der Waals surface area contributed by atoms with E-state index in [1.54, 1.807) is 0 Å². The van der Waals surface area contributed by atoms with Crippen molar-refractivity contribution in [2.75, 3.05) is 21.3 Å².